The molecule has 0 saturated heterocycles. The number of hydrogen-bond acceptors (Lipinski definition) is 2. The van der Waals surface area contributed by atoms with E-state index >= 15 is 0 Å². The Morgan fingerprint density at radius 3 is 2.80 bits per heavy atom. The molecule has 0 spiro atoms. The quantitative estimate of drug-likeness (QED) is 0.721. The number of carbonyl (C=O) groups is 1. The maximum Gasteiger partial charge on any atom is 0.240 e. The van der Waals surface area contributed by atoms with Gasteiger partial charge in [0.25, 0.3) is 0 Å². The van der Waals surface area contributed by atoms with Crippen molar-refractivity contribution in [2.24, 2.45) is 5.73 Å². The summed E-state index contributed by atoms with van der Waals surface area (Å²) in [5.41, 5.74) is 12.6. The van der Waals surface area contributed by atoms with E-state index in [1.807, 2.05) is 35.0 Å². The monoisotopic (exact) mass is 203 g/mol. The largest absolute Gasteiger partial charge is 0.399 e. The Kier molecular flexibility index (Phi) is 2.11. The van der Waals surface area contributed by atoms with Gasteiger partial charge in [0.1, 0.15) is 6.04 Å². The van der Waals surface area contributed by atoms with Gasteiger partial charge in [0.05, 0.1) is 5.52 Å². The standard InChI is InChI=1S/C11H13N3O/c1-7(11(13)15)14-5-4-8-2-3-9(12)6-10(8)14/h2-7H,12H2,1H3,(H2,13,15). The summed E-state index contributed by atoms with van der Waals surface area (Å²) in [5.74, 6) is -0.352. The third-order valence-electron chi connectivity index (χ3n) is 2.58. The second kappa shape index (κ2) is 3.31. The molecule has 78 valence electrons. The average Bonchev–Trinajstić information content (AvgIpc) is 2.59. The van der Waals surface area contributed by atoms with Crippen molar-refractivity contribution in [3.8, 4) is 0 Å². The summed E-state index contributed by atoms with van der Waals surface area (Å²) in [6.45, 7) is 1.77. The number of nitrogens with zero attached hydrogens (tertiary/aromatic N) is 1. The van der Waals surface area contributed by atoms with Crippen LogP contribution in [-0.2, 0) is 4.79 Å². The molecule has 1 unspecified atom stereocenters. The van der Waals surface area contributed by atoms with E-state index in [1.54, 1.807) is 6.92 Å². The molecule has 4 heteroatoms. The van der Waals surface area contributed by atoms with Gasteiger partial charge in [0.15, 0.2) is 0 Å². The molecule has 0 bridgehead atoms. The number of anilines is 1. The first-order valence-electron chi connectivity index (χ1n) is 4.75. The fourth-order valence-electron chi connectivity index (χ4n) is 1.64. The molecule has 4 nitrogen and oxygen atoms in total. The van der Waals surface area contributed by atoms with Crippen molar-refractivity contribution in [2.75, 3.05) is 5.73 Å². The molecule has 1 aromatic carbocycles. The van der Waals surface area contributed by atoms with E-state index < -0.39 is 0 Å². The van der Waals surface area contributed by atoms with Crippen LogP contribution >= 0.6 is 0 Å². The number of nitrogens with two attached hydrogens (primary N) is 2. The number of rotatable bonds is 2. The zero-order chi connectivity index (χ0) is 11.0. The lowest BCUT2D eigenvalue weighted by Gasteiger charge is -2.11. The normalized spacial score (nSPS) is 12.9. The van der Waals surface area contributed by atoms with Crippen LogP contribution < -0.4 is 11.5 Å². The first-order valence-corrected chi connectivity index (χ1v) is 4.75. The molecule has 2 aromatic rings. The molecule has 0 fully saturated rings. The second-order valence-corrected chi connectivity index (χ2v) is 3.62. The highest BCUT2D eigenvalue weighted by molar-refractivity contribution is 5.86. The summed E-state index contributed by atoms with van der Waals surface area (Å²) in [7, 11) is 0. The fraction of sp³-hybridized carbons (Fsp3) is 0.182. The van der Waals surface area contributed by atoms with Gasteiger partial charge in [0, 0.05) is 11.9 Å². The molecule has 0 radical (unpaired) electrons. The van der Waals surface area contributed by atoms with Crippen LogP contribution in [0, 0.1) is 0 Å². The molecule has 15 heavy (non-hydrogen) atoms. The summed E-state index contributed by atoms with van der Waals surface area (Å²) in [6.07, 6.45) is 1.85. The van der Waals surface area contributed by atoms with Gasteiger partial charge in [0.2, 0.25) is 5.91 Å². The summed E-state index contributed by atoms with van der Waals surface area (Å²) in [4.78, 5) is 11.1. The number of benzene rings is 1. The third kappa shape index (κ3) is 1.54. The fourth-order valence-corrected chi connectivity index (χ4v) is 1.64. The molecule has 0 aliphatic carbocycles. The molecular weight excluding hydrogens is 190 g/mol. The van der Waals surface area contributed by atoms with Crippen molar-refractivity contribution >= 4 is 22.5 Å². The number of primary amides is 1. The van der Waals surface area contributed by atoms with E-state index in [4.69, 9.17) is 11.5 Å². The van der Waals surface area contributed by atoms with Crippen molar-refractivity contribution in [2.45, 2.75) is 13.0 Å². The molecule has 1 aromatic heterocycles. The summed E-state index contributed by atoms with van der Waals surface area (Å²) in [6, 6.07) is 7.18. The number of aromatic nitrogens is 1. The molecule has 1 heterocycles. The molecular formula is C11H13N3O. The smallest absolute Gasteiger partial charge is 0.240 e. The van der Waals surface area contributed by atoms with E-state index in [-0.39, 0.29) is 11.9 Å². The van der Waals surface area contributed by atoms with Gasteiger partial charge < -0.3 is 16.0 Å². The second-order valence-electron chi connectivity index (χ2n) is 3.62. The number of amides is 1. The Morgan fingerprint density at radius 1 is 1.40 bits per heavy atom. The maximum atomic E-state index is 11.1. The van der Waals surface area contributed by atoms with Crippen LogP contribution in [0.25, 0.3) is 10.9 Å². The molecule has 2 rings (SSSR count). The topological polar surface area (TPSA) is 74.0 Å². The van der Waals surface area contributed by atoms with Gasteiger partial charge in [-0.1, -0.05) is 6.07 Å². The van der Waals surface area contributed by atoms with Crippen LogP contribution in [0.3, 0.4) is 0 Å². The minimum atomic E-state index is -0.357. The van der Waals surface area contributed by atoms with Crippen LogP contribution in [0.1, 0.15) is 13.0 Å². The van der Waals surface area contributed by atoms with Gasteiger partial charge in [-0.15, -0.1) is 0 Å². The first-order chi connectivity index (χ1) is 7.09. The van der Waals surface area contributed by atoms with Gasteiger partial charge in [-0.2, -0.15) is 0 Å². The number of carbonyl (C=O) groups excluding carboxylic acids is 1. The summed E-state index contributed by atoms with van der Waals surface area (Å²) in [5, 5.41) is 1.05. The average molecular weight is 203 g/mol. The van der Waals surface area contributed by atoms with Gasteiger partial charge in [-0.05, 0) is 30.5 Å². The minimum Gasteiger partial charge on any atom is -0.399 e. The van der Waals surface area contributed by atoms with E-state index in [1.165, 1.54) is 0 Å². The first kappa shape index (κ1) is 9.58. The van der Waals surface area contributed by atoms with Crippen LogP contribution in [0.15, 0.2) is 30.5 Å². The summed E-state index contributed by atoms with van der Waals surface area (Å²) < 4.78 is 1.83. The lowest BCUT2D eigenvalue weighted by Crippen LogP contribution is -2.23. The predicted octanol–water partition coefficient (Wildman–Crippen LogP) is 1.27. The van der Waals surface area contributed by atoms with Crippen LogP contribution in [0.2, 0.25) is 0 Å². The Morgan fingerprint density at radius 2 is 2.13 bits per heavy atom. The lowest BCUT2D eigenvalue weighted by atomic mass is 10.2. The van der Waals surface area contributed by atoms with Gasteiger partial charge >= 0.3 is 0 Å². The van der Waals surface area contributed by atoms with Crippen LogP contribution in [-0.4, -0.2) is 10.5 Å². The SMILES string of the molecule is CC(C(N)=O)n1ccc2ccc(N)cc21. The van der Waals surface area contributed by atoms with Gasteiger partial charge in [-0.3, -0.25) is 4.79 Å². The van der Waals surface area contributed by atoms with Crippen LogP contribution in [0.5, 0.6) is 0 Å². The summed E-state index contributed by atoms with van der Waals surface area (Å²) >= 11 is 0. The Bertz CT molecular complexity index is 516. The van der Waals surface area contributed by atoms with Gasteiger partial charge in [-0.25, -0.2) is 0 Å². The Hall–Kier alpha value is -1.97. The Labute approximate surface area is 87.5 Å². The zero-order valence-corrected chi connectivity index (χ0v) is 8.47. The van der Waals surface area contributed by atoms with Crippen LogP contribution in [0.4, 0.5) is 5.69 Å². The molecule has 0 aliphatic rings. The van der Waals surface area contributed by atoms with E-state index in [0.717, 1.165) is 10.9 Å². The molecule has 4 N–H and O–H groups in total. The van der Waals surface area contributed by atoms with Crippen molar-refractivity contribution in [3.63, 3.8) is 0 Å². The third-order valence-corrected chi connectivity index (χ3v) is 2.58. The van der Waals surface area contributed by atoms with E-state index in [0.29, 0.717) is 5.69 Å². The number of hydrogen-bond donors (Lipinski definition) is 2. The maximum absolute atomic E-state index is 11.1. The minimum absolute atomic E-state index is 0.352. The molecule has 0 aliphatic heterocycles. The molecule has 1 atom stereocenters. The van der Waals surface area contributed by atoms with Crippen molar-refractivity contribution in [1.29, 1.82) is 0 Å². The highest BCUT2D eigenvalue weighted by Crippen LogP contribution is 2.22. The lowest BCUT2D eigenvalue weighted by molar-refractivity contribution is -0.120. The highest BCUT2D eigenvalue weighted by Gasteiger charge is 2.12. The van der Waals surface area contributed by atoms with Crippen molar-refractivity contribution < 1.29 is 4.79 Å². The number of fused-ring (bicyclic) bond motifs is 1. The highest BCUT2D eigenvalue weighted by atomic mass is 16.1. The molecule has 0 saturated carbocycles. The zero-order valence-electron chi connectivity index (χ0n) is 8.47. The molecule has 1 amide bonds. The van der Waals surface area contributed by atoms with Crippen molar-refractivity contribution in [3.05, 3.63) is 30.5 Å². The van der Waals surface area contributed by atoms with E-state index in [9.17, 15) is 4.79 Å². The predicted molar refractivity (Wildman–Crippen MR) is 60.3 cm³/mol. The number of nitrogen functional groups attached to an aromatic ring is 1. The van der Waals surface area contributed by atoms with E-state index in [2.05, 4.69) is 0 Å². The van der Waals surface area contributed by atoms with Crippen molar-refractivity contribution in [1.82, 2.24) is 4.57 Å². The Balaban J connectivity index is 2.61.